The maximum Gasteiger partial charge on any atom is 0.253 e. The predicted molar refractivity (Wildman–Crippen MR) is 147 cm³/mol. The summed E-state index contributed by atoms with van der Waals surface area (Å²) in [6.45, 7) is 5.46. The summed E-state index contributed by atoms with van der Waals surface area (Å²) >= 11 is 14.3. The van der Waals surface area contributed by atoms with Crippen LogP contribution in [0.1, 0.15) is 35.4 Å². The molecule has 0 radical (unpaired) electrons. The molecule has 0 aromatic heterocycles. The molecule has 4 aliphatic rings. The van der Waals surface area contributed by atoms with E-state index >= 15 is 0 Å². The Morgan fingerprint density at radius 2 is 1.69 bits per heavy atom. The van der Waals surface area contributed by atoms with Gasteiger partial charge in [0, 0.05) is 18.5 Å². The molecule has 2 saturated heterocycles. The molecule has 6 rings (SSSR count). The molecule has 200 valence electrons. The van der Waals surface area contributed by atoms with Gasteiger partial charge in [0.2, 0.25) is 11.8 Å². The average molecular weight is 565 g/mol. The summed E-state index contributed by atoms with van der Waals surface area (Å²) in [5.41, 5.74) is 2.87. The summed E-state index contributed by atoms with van der Waals surface area (Å²) in [6.07, 6.45) is 3.69. The molecule has 2 aliphatic carbocycles. The van der Waals surface area contributed by atoms with E-state index in [1.54, 1.807) is 55.5 Å². The third kappa shape index (κ3) is 3.17. The Balaban J connectivity index is 1.51. The number of fused-ring (bicyclic) bond motifs is 4. The highest BCUT2D eigenvalue weighted by Gasteiger charge is 2.76. The molecule has 39 heavy (non-hydrogen) atoms. The molecule has 7 nitrogen and oxygen atoms in total. The smallest absolute Gasteiger partial charge is 0.253 e. The Kier molecular flexibility index (Phi) is 5.66. The van der Waals surface area contributed by atoms with Gasteiger partial charge in [0.05, 0.1) is 17.5 Å². The summed E-state index contributed by atoms with van der Waals surface area (Å²) < 4.78 is 0. The SMILES string of the molecule is C=Cc1ccc(N2C(=O)C3CC=C4C(CC5(Cl)C(=O)N(C)C(=O)C5(Cl)C4c4cccc(C)c4O)C3C2=O)cc1. The third-order valence-corrected chi connectivity index (χ3v) is 10.4. The number of aryl methyl sites for hydroxylation is 1. The first kappa shape index (κ1) is 25.8. The number of carbonyl (C=O) groups is 4. The Bertz CT molecular complexity index is 1520. The zero-order valence-electron chi connectivity index (χ0n) is 21.4. The number of hydrogen-bond acceptors (Lipinski definition) is 5. The number of amides is 4. The van der Waals surface area contributed by atoms with Crippen LogP contribution in [-0.2, 0) is 19.2 Å². The molecule has 6 atom stereocenters. The number of anilines is 1. The molecule has 9 heteroatoms. The minimum Gasteiger partial charge on any atom is -0.507 e. The molecular weight excluding hydrogens is 539 g/mol. The number of carbonyl (C=O) groups excluding carboxylic acids is 4. The second-order valence-corrected chi connectivity index (χ2v) is 12.1. The molecular formula is C30H26Cl2N2O5. The van der Waals surface area contributed by atoms with Crippen molar-refractivity contribution < 1.29 is 24.3 Å². The number of para-hydroxylation sites is 1. The maximum atomic E-state index is 14.0. The normalized spacial score (nSPS) is 33.6. The van der Waals surface area contributed by atoms with Crippen LogP contribution in [0.25, 0.3) is 6.08 Å². The number of halogens is 2. The number of phenols is 1. The lowest BCUT2D eigenvalue weighted by atomic mass is 9.56. The van der Waals surface area contributed by atoms with E-state index in [0.717, 1.165) is 10.5 Å². The molecule has 2 heterocycles. The van der Waals surface area contributed by atoms with Crippen molar-refractivity contribution >= 4 is 58.6 Å². The molecule has 1 saturated carbocycles. The summed E-state index contributed by atoms with van der Waals surface area (Å²) in [7, 11) is 1.34. The van der Waals surface area contributed by atoms with Crippen LogP contribution in [0.15, 0.2) is 60.7 Å². The van der Waals surface area contributed by atoms with E-state index in [1.165, 1.54) is 11.9 Å². The summed E-state index contributed by atoms with van der Waals surface area (Å²) in [4.78, 5) is 53.0. The van der Waals surface area contributed by atoms with Gasteiger partial charge >= 0.3 is 0 Å². The van der Waals surface area contributed by atoms with Crippen molar-refractivity contribution in [1.82, 2.24) is 4.90 Å². The van der Waals surface area contributed by atoms with Crippen LogP contribution < -0.4 is 4.90 Å². The van der Waals surface area contributed by atoms with Gasteiger partial charge in [-0.3, -0.25) is 29.0 Å². The number of aromatic hydroxyl groups is 1. The van der Waals surface area contributed by atoms with Gasteiger partial charge in [-0.15, -0.1) is 23.2 Å². The lowest BCUT2D eigenvalue weighted by molar-refractivity contribution is -0.138. The van der Waals surface area contributed by atoms with Gasteiger partial charge in [-0.05, 0) is 48.9 Å². The Morgan fingerprint density at radius 1 is 1.00 bits per heavy atom. The number of allylic oxidation sites excluding steroid dienone is 2. The zero-order valence-corrected chi connectivity index (χ0v) is 22.9. The third-order valence-electron chi connectivity index (χ3n) is 8.98. The minimum absolute atomic E-state index is 0.0576. The summed E-state index contributed by atoms with van der Waals surface area (Å²) in [5, 5.41) is 11.1. The number of phenolic OH excluding ortho intramolecular Hbond substituents is 1. The summed E-state index contributed by atoms with van der Waals surface area (Å²) in [6, 6.07) is 12.1. The van der Waals surface area contributed by atoms with Crippen LogP contribution in [-0.4, -0.2) is 50.4 Å². The average Bonchev–Trinajstić information content (AvgIpc) is 3.25. The molecule has 2 aliphatic heterocycles. The lowest BCUT2D eigenvalue weighted by Gasteiger charge is -2.50. The van der Waals surface area contributed by atoms with E-state index in [1.807, 2.05) is 6.08 Å². The van der Waals surface area contributed by atoms with Gasteiger partial charge in [-0.25, -0.2) is 0 Å². The van der Waals surface area contributed by atoms with Crippen molar-refractivity contribution in [3.05, 3.63) is 77.4 Å². The number of hydrogen-bond donors (Lipinski definition) is 1. The van der Waals surface area contributed by atoms with Crippen molar-refractivity contribution in [1.29, 1.82) is 0 Å². The van der Waals surface area contributed by atoms with Crippen LogP contribution in [0.2, 0.25) is 0 Å². The van der Waals surface area contributed by atoms with Crippen LogP contribution in [0.5, 0.6) is 5.75 Å². The molecule has 2 aromatic carbocycles. The molecule has 6 unspecified atom stereocenters. The quantitative estimate of drug-likeness (QED) is 0.335. The fraction of sp³-hybridized carbons (Fsp3) is 0.333. The molecule has 4 amide bonds. The van der Waals surface area contributed by atoms with Gasteiger partial charge < -0.3 is 5.11 Å². The minimum atomic E-state index is -1.92. The van der Waals surface area contributed by atoms with Crippen LogP contribution in [0.3, 0.4) is 0 Å². The van der Waals surface area contributed by atoms with Crippen molar-refractivity contribution in [2.75, 3.05) is 11.9 Å². The zero-order chi connectivity index (χ0) is 28.0. The van der Waals surface area contributed by atoms with Gasteiger partial charge in [0.15, 0.2) is 9.75 Å². The number of nitrogens with zero attached hydrogens (tertiary/aromatic N) is 2. The van der Waals surface area contributed by atoms with E-state index in [-0.39, 0.29) is 30.4 Å². The van der Waals surface area contributed by atoms with E-state index in [2.05, 4.69) is 6.58 Å². The standard InChI is InChI=1S/C30H26Cl2N2O5/c1-4-16-8-10-17(11-9-16)34-25(36)19-13-12-18-21(22(19)26(34)37)14-29(31)27(38)33(3)28(39)30(29,32)23(18)20-7-5-6-15(2)24(20)35/h4-12,19,21-23,35H,1,13-14H2,2-3H3. The van der Waals surface area contributed by atoms with E-state index < -0.39 is 45.2 Å². The van der Waals surface area contributed by atoms with Gasteiger partial charge in [-0.2, -0.15) is 0 Å². The number of imide groups is 2. The highest BCUT2D eigenvalue weighted by molar-refractivity contribution is 6.53. The van der Waals surface area contributed by atoms with Crippen molar-refractivity contribution in [2.45, 2.75) is 35.4 Å². The second kappa shape index (κ2) is 8.54. The summed E-state index contributed by atoms with van der Waals surface area (Å²) in [5.74, 6) is -5.15. The van der Waals surface area contributed by atoms with Gasteiger partial charge in [0.25, 0.3) is 11.8 Å². The maximum absolute atomic E-state index is 14.0. The number of alkyl halides is 2. The number of likely N-dealkylation sites (tertiary alicyclic amines) is 1. The Hall–Kier alpha value is -3.42. The molecule has 2 aromatic rings. The first-order valence-corrected chi connectivity index (χ1v) is 13.5. The van der Waals surface area contributed by atoms with Crippen molar-refractivity contribution in [2.24, 2.45) is 17.8 Å². The Labute approximate surface area is 235 Å². The highest BCUT2D eigenvalue weighted by atomic mass is 35.5. The topological polar surface area (TPSA) is 95.0 Å². The van der Waals surface area contributed by atoms with Crippen LogP contribution in [0.4, 0.5) is 5.69 Å². The molecule has 0 spiro atoms. The first-order valence-electron chi connectivity index (χ1n) is 12.8. The van der Waals surface area contributed by atoms with Gasteiger partial charge in [0.1, 0.15) is 5.75 Å². The second-order valence-electron chi connectivity index (χ2n) is 10.8. The van der Waals surface area contributed by atoms with E-state index in [0.29, 0.717) is 22.4 Å². The van der Waals surface area contributed by atoms with E-state index in [9.17, 15) is 24.3 Å². The Morgan fingerprint density at radius 3 is 2.36 bits per heavy atom. The van der Waals surface area contributed by atoms with Crippen LogP contribution >= 0.6 is 23.2 Å². The van der Waals surface area contributed by atoms with Crippen molar-refractivity contribution in [3.8, 4) is 5.75 Å². The van der Waals surface area contributed by atoms with Crippen molar-refractivity contribution in [3.63, 3.8) is 0 Å². The van der Waals surface area contributed by atoms with E-state index in [4.69, 9.17) is 23.2 Å². The molecule has 0 bridgehead atoms. The molecule has 1 N–H and O–H groups in total. The molecule has 3 fully saturated rings. The lowest BCUT2D eigenvalue weighted by Crippen LogP contribution is -2.60. The fourth-order valence-electron chi connectivity index (χ4n) is 7.02. The highest BCUT2D eigenvalue weighted by Crippen LogP contribution is 2.66. The fourth-order valence-corrected chi connectivity index (χ4v) is 8.03. The van der Waals surface area contributed by atoms with Gasteiger partial charge in [-0.1, -0.05) is 54.6 Å². The largest absolute Gasteiger partial charge is 0.507 e. The number of benzene rings is 2. The van der Waals surface area contributed by atoms with Crippen LogP contribution in [0, 0.1) is 24.7 Å². The monoisotopic (exact) mass is 564 g/mol. The predicted octanol–water partition coefficient (Wildman–Crippen LogP) is 4.54. The number of rotatable bonds is 3. The first-order chi connectivity index (χ1) is 18.5.